The van der Waals surface area contributed by atoms with Crippen LogP contribution in [0.4, 0.5) is 10.5 Å². The summed E-state index contributed by atoms with van der Waals surface area (Å²) >= 11 is 0. The van der Waals surface area contributed by atoms with Crippen LogP contribution in [0.15, 0.2) is 30.0 Å². The summed E-state index contributed by atoms with van der Waals surface area (Å²) in [5.74, 6) is -1.28. The molecule has 1 aliphatic rings. The number of rotatable bonds is 2. The fourth-order valence-electron chi connectivity index (χ4n) is 1.81. The van der Waals surface area contributed by atoms with Crippen LogP contribution in [0.1, 0.15) is 11.1 Å². The number of esters is 1. The average Bonchev–Trinajstić information content (AvgIpc) is 2.68. The van der Waals surface area contributed by atoms with Crippen LogP contribution >= 0.6 is 0 Å². The van der Waals surface area contributed by atoms with Crippen molar-refractivity contribution in [2.24, 2.45) is 0 Å². The summed E-state index contributed by atoms with van der Waals surface area (Å²) in [6.07, 6.45) is 0.960. The van der Waals surface area contributed by atoms with E-state index in [1.807, 2.05) is 19.9 Å². The second-order valence-electron chi connectivity index (χ2n) is 4.42. The first-order chi connectivity index (χ1) is 9.43. The summed E-state index contributed by atoms with van der Waals surface area (Å²) < 4.78 is 4.43. The Labute approximate surface area is 116 Å². The third-order valence-electron chi connectivity index (χ3n) is 3.09. The van der Waals surface area contributed by atoms with E-state index in [2.05, 4.69) is 10.1 Å². The van der Waals surface area contributed by atoms with Crippen LogP contribution in [0.25, 0.3) is 0 Å². The molecule has 0 radical (unpaired) electrons. The Morgan fingerprint density at radius 1 is 1.25 bits per heavy atom. The molecule has 1 N–H and O–H groups in total. The van der Waals surface area contributed by atoms with Gasteiger partial charge in [0.2, 0.25) is 0 Å². The van der Waals surface area contributed by atoms with E-state index >= 15 is 0 Å². The summed E-state index contributed by atoms with van der Waals surface area (Å²) in [7, 11) is 1.20. The van der Waals surface area contributed by atoms with E-state index in [-0.39, 0.29) is 5.70 Å². The largest absolute Gasteiger partial charge is 0.466 e. The molecule has 0 atom stereocenters. The predicted molar refractivity (Wildman–Crippen MR) is 72.0 cm³/mol. The molecule has 20 heavy (non-hydrogen) atoms. The highest BCUT2D eigenvalue weighted by atomic mass is 16.5. The molecule has 6 heteroatoms. The van der Waals surface area contributed by atoms with Crippen molar-refractivity contribution < 1.29 is 19.1 Å². The van der Waals surface area contributed by atoms with Crippen molar-refractivity contribution in [3.8, 4) is 0 Å². The number of urea groups is 1. The van der Waals surface area contributed by atoms with Gasteiger partial charge in [-0.25, -0.2) is 14.5 Å². The molecule has 1 saturated heterocycles. The standard InChI is InChI=1S/C14H14N2O4/c1-8-4-5-10(6-9(8)2)16-13(18)11(15-14(16)19)7-12(17)20-3/h4-7H,1-3H3,(H,15,19)/b11-7-. The third-order valence-corrected chi connectivity index (χ3v) is 3.09. The van der Waals surface area contributed by atoms with Gasteiger partial charge < -0.3 is 10.1 Å². The monoisotopic (exact) mass is 274 g/mol. The van der Waals surface area contributed by atoms with E-state index in [0.29, 0.717) is 5.69 Å². The van der Waals surface area contributed by atoms with Crippen molar-refractivity contribution in [2.75, 3.05) is 12.0 Å². The molecule has 6 nitrogen and oxygen atoms in total. The van der Waals surface area contributed by atoms with E-state index in [1.165, 1.54) is 7.11 Å². The number of benzene rings is 1. The Morgan fingerprint density at radius 2 is 1.95 bits per heavy atom. The van der Waals surface area contributed by atoms with Crippen LogP contribution < -0.4 is 10.2 Å². The summed E-state index contributed by atoms with van der Waals surface area (Å²) in [5.41, 5.74) is 2.39. The normalized spacial score (nSPS) is 16.6. The predicted octanol–water partition coefficient (Wildman–Crippen LogP) is 1.42. The minimum atomic E-state index is -0.699. The number of carbonyl (C=O) groups is 3. The first-order valence-corrected chi connectivity index (χ1v) is 5.96. The molecule has 104 valence electrons. The van der Waals surface area contributed by atoms with E-state index in [4.69, 9.17) is 0 Å². The number of anilines is 1. The van der Waals surface area contributed by atoms with Crippen LogP contribution in [-0.4, -0.2) is 25.0 Å². The maximum Gasteiger partial charge on any atom is 0.333 e. The minimum Gasteiger partial charge on any atom is -0.466 e. The molecule has 0 spiro atoms. The molecule has 0 aliphatic carbocycles. The SMILES string of the molecule is COC(=O)/C=C1\NC(=O)N(c2ccc(C)c(C)c2)C1=O. The molecule has 0 bridgehead atoms. The van der Waals surface area contributed by atoms with Gasteiger partial charge in [-0.2, -0.15) is 0 Å². The van der Waals surface area contributed by atoms with Crippen LogP contribution in [0, 0.1) is 13.8 Å². The fraction of sp³-hybridized carbons (Fsp3) is 0.214. The minimum absolute atomic E-state index is 0.0971. The zero-order valence-corrected chi connectivity index (χ0v) is 11.4. The number of hydrogen-bond donors (Lipinski definition) is 1. The second kappa shape index (κ2) is 5.16. The lowest BCUT2D eigenvalue weighted by molar-refractivity contribution is -0.135. The highest BCUT2D eigenvalue weighted by Gasteiger charge is 2.35. The van der Waals surface area contributed by atoms with Crippen LogP contribution in [0.3, 0.4) is 0 Å². The smallest absolute Gasteiger partial charge is 0.333 e. The second-order valence-corrected chi connectivity index (χ2v) is 4.42. The van der Waals surface area contributed by atoms with Gasteiger partial charge in [-0.3, -0.25) is 4.79 Å². The Bertz CT molecular complexity index is 634. The van der Waals surface area contributed by atoms with Gasteiger partial charge in [0.15, 0.2) is 0 Å². The highest BCUT2D eigenvalue weighted by molar-refractivity contribution is 6.27. The van der Waals surface area contributed by atoms with E-state index < -0.39 is 17.9 Å². The average molecular weight is 274 g/mol. The lowest BCUT2D eigenvalue weighted by Crippen LogP contribution is -2.30. The van der Waals surface area contributed by atoms with E-state index in [9.17, 15) is 14.4 Å². The summed E-state index contributed by atoms with van der Waals surface area (Å²) in [4.78, 5) is 36.1. The molecule has 0 unspecified atom stereocenters. The van der Waals surface area contributed by atoms with Crippen molar-refractivity contribution in [2.45, 2.75) is 13.8 Å². The number of imide groups is 1. The Hall–Kier alpha value is -2.63. The quantitative estimate of drug-likeness (QED) is 0.502. The highest BCUT2D eigenvalue weighted by Crippen LogP contribution is 2.23. The molecule has 2 rings (SSSR count). The Balaban J connectivity index is 2.36. The van der Waals surface area contributed by atoms with Crippen LogP contribution in [-0.2, 0) is 14.3 Å². The van der Waals surface area contributed by atoms with Crippen molar-refractivity contribution in [3.05, 3.63) is 41.1 Å². The molecule has 1 aliphatic heterocycles. The Kier molecular flexibility index (Phi) is 3.56. The molecule has 1 heterocycles. The first kappa shape index (κ1) is 13.8. The fourth-order valence-corrected chi connectivity index (χ4v) is 1.81. The first-order valence-electron chi connectivity index (χ1n) is 5.96. The number of hydrogen-bond acceptors (Lipinski definition) is 4. The maximum absolute atomic E-state index is 12.1. The van der Waals surface area contributed by atoms with Gasteiger partial charge in [0.25, 0.3) is 5.91 Å². The van der Waals surface area contributed by atoms with Gasteiger partial charge >= 0.3 is 12.0 Å². The lowest BCUT2D eigenvalue weighted by atomic mass is 10.1. The zero-order chi connectivity index (χ0) is 14.9. The zero-order valence-electron chi connectivity index (χ0n) is 11.4. The van der Waals surface area contributed by atoms with Gasteiger partial charge in [0.1, 0.15) is 5.70 Å². The molecule has 1 aromatic rings. The number of ether oxygens (including phenoxy) is 1. The van der Waals surface area contributed by atoms with Gasteiger partial charge in [-0.1, -0.05) is 6.07 Å². The molecule has 3 amide bonds. The van der Waals surface area contributed by atoms with E-state index in [0.717, 1.165) is 22.1 Å². The molecule has 0 aromatic heterocycles. The van der Waals surface area contributed by atoms with Crippen molar-refractivity contribution in [1.29, 1.82) is 0 Å². The summed E-state index contributed by atoms with van der Waals surface area (Å²) in [6.45, 7) is 3.83. The maximum atomic E-state index is 12.1. The van der Waals surface area contributed by atoms with Gasteiger partial charge in [-0.15, -0.1) is 0 Å². The number of carbonyl (C=O) groups excluding carboxylic acids is 3. The summed E-state index contributed by atoms with van der Waals surface area (Å²) in [5, 5.41) is 2.35. The number of methoxy groups -OCH3 is 1. The molecule has 1 fully saturated rings. The number of amides is 3. The Morgan fingerprint density at radius 3 is 2.55 bits per heavy atom. The van der Waals surface area contributed by atoms with Crippen molar-refractivity contribution in [3.63, 3.8) is 0 Å². The third kappa shape index (κ3) is 2.40. The van der Waals surface area contributed by atoms with Gasteiger partial charge in [0, 0.05) is 0 Å². The van der Waals surface area contributed by atoms with Gasteiger partial charge in [0.05, 0.1) is 18.9 Å². The van der Waals surface area contributed by atoms with Gasteiger partial charge in [-0.05, 0) is 37.1 Å². The van der Waals surface area contributed by atoms with Crippen LogP contribution in [0.5, 0.6) is 0 Å². The lowest BCUT2D eigenvalue weighted by Gasteiger charge is -2.13. The topological polar surface area (TPSA) is 75.7 Å². The number of nitrogens with zero attached hydrogens (tertiary/aromatic N) is 1. The summed E-state index contributed by atoms with van der Waals surface area (Å²) in [6, 6.07) is 4.66. The number of aryl methyl sites for hydroxylation is 2. The molecule has 0 saturated carbocycles. The van der Waals surface area contributed by atoms with E-state index in [1.54, 1.807) is 12.1 Å². The van der Waals surface area contributed by atoms with Crippen LogP contribution in [0.2, 0.25) is 0 Å². The molecular formula is C14H14N2O4. The van der Waals surface area contributed by atoms with Crippen molar-refractivity contribution >= 4 is 23.6 Å². The molecular weight excluding hydrogens is 260 g/mol. The van der Waals surface area contributed by atoms with Crippen molar-refractivity contribution in [1.82, 2.24) is 5.32 Å². The number of nitrogens with one attached hydrogen (secondary N) is 1. The molecule has 1 aromatic carbocycles.